The van der Waals surface area contributed by atoms with Crippen molar-refractivity contribution in [2.45, 2.75) is 52.0 Å². The Bertz CT molecular complexity index is 486. The fraction of sp³-hybridized carbons (Fsp3) is 0.733. The Morgan fingerprint density at radius 2 is 2.00 bits per heavy atom. The van der Waals surface area contributed by atoms with Gasteiger partial charge in [-0.05, 0) is 38.0 Å². The molecule has 1 aliphatic rings. The zero-order valence-corrected chi connectivity index (χ0v) is 13.0. The molecule has 1 aromatic rings. The van der Waals surface area contributed by atoms with Gasteiger partial charge < -0.3 is 10.6 Å². The summed E-state index contributed by atoms with van der Waals surface area (Å²) < 4.78 is 1.62. The minimum atomic E-state index is -0.00301. The van der Waals surface area contributed by atoms with Gasteiger partial charge in [-0.15, -0.1) is 0 Å². The molecule has 1 aliphatic carbocycles. The van der Waals surface area contributed by atoms with E-state index in [1.54, 1.807) is 11.7 Å². The maximum Gasteiger partial charge on any atom is 0.274 e. The number of aromatic nitrogens is 2. The van der Waals surface area contributed by atoms with E-state index in [2.05, 4.69) is 12.0 Å². The highest BCUT2D eigenvalue weighted by Gasteiger charge is 2.29. The van der Waals surface area contributed by atoms with Crippen LogP contribution in [0.15, 0.2) is 0 Å². The molecule has 1 saturated carbocycles. The predicted molar refractivity (Wildman–Crippen MR) is 80.5 cm³/mol. The maximum absolute atomic E-state index is 12.7. The van der Waals surface area contributed by atoms with E-state index in [4.69, 9.17) is 5.73 Å². The quantitative estimate of drug-likeness (QED) is 0.922. The van der Waals surface area contributed by atoms with Crippen LogP contribution in [0.3, 0.4) is 0 Å². The van der Waals surface area contributed by atoms with Crippen LogP contribution in [0.1, 0.15) is 55.7 Å². The van der Waals surface area contributed by atoms with E-state index in [9.17, 15) is 4.79 Å². The second-order valence-corrected chi connectivity index (χ2v) is 6.02. The monoisotopic (exact) mass is 278 g/mol. The minimum Gasteiger partial charge on any atom is -0.395 e. The van der Waals surface area contributed by atoms with Crippen LogP contribution >= 0.6 is 0 Å². The average molecular weight is 278 g/mol. The number of aryl methyl sites for hydroxylation is 2. The number of hydrogen-bond acceptors (Lipinski definition) is 3. The van der Waals surface area contributed by atoms with E-state index in [0.29, 0.717) is 17.4 Å². The third-order valence-corrected chi connectivity index (χ3v) is 4.55. The van der Waals surface area contributed by atoms with Gasteiger partial charge in [0.2, 0.25) is 0 Å². The summed E-state index contributed by atoms with van der Waals surface area (Å²) in [5.74, 6) is 0.778. The van der Waals surface area contributed by atoms with Crippen molar-refractivity contribution in [1.29, 1.82) is 0 Å². The smallest absolute Gasteiger partial charge is 0.274 e. The Labute approximate surface area is 121 Å². The topological polar surface area (TPSA) is 64.2 Å². The van der Waals surface area contributed by atoms with Crippen molar-refractivity contribution in [3.05, 3.63) is 11.4 Å². The third-order valence-electron chi connectivity index (χ3n) is 4.55. The second kappa shape index (κ2) is 5.85. The minimum absolute atomic E-state index is 0.00301. The molecule has 0 radical (unpaired) electrons. The molecule has 1 fully saturated rings. The van der Waals surface area contributed by atoms with Crippen molar-refractivity contribution in [3.63, 3.8) is 0 Å². The molecular weight excluding hydrogens is 252 g/mol. The van der Waals surface area contributed by atoms with Crippen LogP contribution in [0.25, 0.3) is 0 Å². The van der Waals surface area contributed by atoms with E-state index in [0.717, 1.165) is 30.9 Å². The average Bonchev–Trinajstić information content (AvgIpc) is 2.72. The summed E-state index contributed by atoms with van der Waals surface area (Å²) in [6, 6.07) is 0.332. The summed E-state index contributed by atoms with van der Waals surface area (Å²) in [5.41, 5.74) is 7.95. The number of carbonyl (C=O) groups excluding carboxylic acids is 1. The third kappa shape index (κ3) is 2.67. The van der Waals surface area contributed by atoms with Gasteiger partial charge in [0.05, 0.1) is 11.4 Å². The zero-order valence-electron chi connectivity index (χ0n) is 13.0. The van der Waals surface area contributed by atoms with Crippen molar-refractivity contribution in [2.24, 2.45) is 13.0 Å². The van der Waals surface area contributed by atoms with Crippen LogP contribution in [0.4, 0.5) is 5.69 Å². The second-order valence-electron chi connectivity index (χ2n) is 6.02. The van der Waals surface area contributed by atoms with E-state index in [-0.39, 0.29) is 5.91 Å². The van der Waals surface area contributed by atoms with Gasteiger partial charge in [0, 0.05) is 20.1 Å². The van der Waals surface area contributed by atoms with E-state index in [1.807, 2.05) is 18.9 Å². The Morgan fingerprint density at radius 1 is 1.40 bits per heavy atom. The largest absolute Gasteiger partial charge is 0.395 e. The fourth-order valence-corrected chi connectivity index (χ4v) is 3.07. The molecule has 0 saturated heterocycles. The molecule has 0 unspecified atom stereocenters. The molecule has 0 aliphatic heterocycles. The van der Waals surface area contributed by atoms with Crippen LogP contribution in [0, 0.1) is 5.92 Å². The first-order valence-corrected chi connectivity index (χ1v) is 7.54. The Morgan fingerprint density at radius 3 is 2.50 bits per heavy atom. The SMILES string of the molecule is CCc1nn(C)c(C(=O)N(C)C2CCC(C)CC2)c1N. The van der Waals surface area contributed by atoms with E-state index >= 15 is 0 Å². The van der Waals surface area contributed by atoms with Crippen LogP contribution in [-0.4, -0.2) is 33.7 Å². The molecule has 5 heteroatoms. The molecule has 1 amide bonds. The van der Waals surface area contributed by atoms with Crippen molar-refractivity contribution < 1.29 is 4.79 Å². The van der Waals surface area contributed by atoms with Gasteiger partial charge in [-0.1, -0.05) is 13.8 Å². The van der Waals surface area contributed by atoms with Gasteiger partial charge in [-0.3, -0.25) is 9.48 Å². The summed E-state index contributed by atoms with van der Waals surface area (Å²) in [6.07, 6.45) is 5.31. The Hall–Kier alpha value is -1.52. The van der Waals surface area contributed by atoms with Gasteiger partial charge in [-0.2, -0.15) is 5.10 Å². The van der Waals surface area contributed by atoms with Gasteiger partial charge in [0.15, 0.2) is 0 Å². The summed E-state index contributed by atoms with van der Waals surface area (Å²) in [6.45, 7) is 4.28. The van der Waals surface area contributed by atoms with Gasteiger partial charge >= 0.3 is 0 Å². The lowest BCUT2D eigenvalue weighted by atomic mass is 9.86. The number of nitrogens with zero attached hydrogens (tertiary/aromatic N) is 3. The number of amides is 1. The van der Waals surface area contributed by atoms with E-state index < -0.39 is 0 Å². The zero-order chi connectivity index (χ0) is 14.9. The highest BCUT2D eigenvalue weighted by Crippen LogP contribution is 2.28. The van der Waals surface area contributed by atoms with Crippen molar-refractivity contribution >= 4 is 11.6 Å². The lowest BCUT2D eigenvalue weighted by Crippen LogP contribution is -2.40. The normalized spacial score (nSPS) is 22.8. The molecule has 112 valence electrons. The fourth-order valence-electron chi connectivity index (χ4n) is 3.07. The Balaban J connectivity index is 2.16. The Kier molecular flexibility index (Phi) is 4.35. The molecule has 2 rings (SSSR count). The lowest BCUT2D eigenvalue weighted by Gasteiger charge is -2.33. The molecule has 0 spiro atoms. The number of carbonyl (C=O) groups is 1. The lowest BCUT2D eigenvalue weighted by molar-refractivity contribution is 0.0669. The van der Waals surface area contributed by atoms with Crippen LogP contribution in [-0.2, 0) is 13.5 Å². The van der Waals surface area contributed by atoms with Crippen LogP contribution in [0.2, 0.25) is 0 Å². The van der Waals surface area contributed by atoms with Gasteiger partial charge in [-0.25, -0.2) is 0 Å². The first kappa shape index (κ1) is 14.9. The molecule has 2 N–H and O–H groups in total. The summed E-state index contributed by atoms with van der Waals surface area (Å²) in [7, 11) is 3.68. The number of anilines is 1. The number of rotatable bonds is 3. The van der Waals surface area contributed by atoms with Crippen molar-refractivity contribution in [1.82, 2.24) is 14.7 Å². The van der Waals surface area contributed by atoms with Crippen molar-refractivity contribution in [2.75, 3.05) is 12.8 Å². The number of hydrogen-bond donors (Lipinski definition) is 1. The molecule has 20 heavy (non-hydrogen) atoms. The highest BCUT2D eigenvalue weighted by atomic mass is 16.2. The van der Waals surface area contributed by atoms with Crippen molar-refractivity contribution in [3.8, 4) is 0 Å². The molecule has 5 nitrogen and oxygen atoms in total. The summed E-state index contributed by atoms with van der Waals surface area (Å²) in [4.78, 5) is 14.5. The molecular formula is C15H26N4O. The van der Waals surface area contributed by atoms with Gasteiger partial charge in [0.1, 0.15) is 5.69 Å². The van der Waals surface area contributed by atoms with E-state index in [1.165, 1.54) is 12.8 Å². The molecule has 0 atom stereocenters. The molecule has 0 bridgehead atoms. The molecule has 1 aromatic heterocycles. The summed E-state index contributed by atoms with van der Waals surface area (Å²) in [5, 5.41) is 4.33. The first-order valence-electron chi connectivity index (χ1n) is 7.54. The van der Waals surface area contributed by atoms with Crippen LogP contribution < -0.4 is 5.73 Å². The summed E-state index contributed by atoms with van der Waals surface area (Å²) >= 11 is 0. The predicted octanol–water partition coefficient (Wildman–Crippen LogP) is 2.22. The number of nitrogens with two attached hydrogens (primary N) is 1. The molecule has 0 aromatic carbocycles. The number of nitrogen functional groups attached to an aromatic ring is 1. The standard InChI is InChI=1S/C15H26N4O/c1-5-12-13(16)14(19(4)17-12)15(20)18(3)11-8-6-10(2)7-9-11/h10-11H,5-9,16H2,1-4H3. The maximum atomic E-state index is 12.7. The van der Waals surface area contributed by atoms with Gasteiger partial charge in [0.25, 0.3) is 5.91 Å². The highest BCUT2D eigenvalue weighted by molar-refractivity contribution is 5.98. The van der Waals surface area contributed by atoms with Crippen LogP contribution in [0.5, 0.6) is 0 Å². The molecule has 1 heterocycles. The first-order chi connectivity index (χ1) is 9.45.